The molecule has 2 aromatic heterocycles. The molecule has 0 saturated carbocycles. The number of halogens is 12. The highest BCUT2D eigenvalue weighted by Crippen LogP contribution is 2.42. The fourth-order valence-electron chi connectivity index (χ4n) is 4.44. The largest absolute Gasteiger partial charge is 0.433 e. The summed E-state index contributed by atoms with van der Waals surface area (Å²) in [7, 11) is 0. The first-order valence-electron chi connectivity index (χ1n) is 11.6. The maximum absolute atomic E-state index is 14.0. The Morgan fingerprint density at radius 1 is 0.405 bits per heavy atom. The van der Waals surface area contributed by atoms with Crippen LogP contribution in [0.5, 0.6) is 0 Å². The summed E-state index contributed by atoms with van der Waals surface area (Å²) in [5.74, 6) is 0. The molecular weight excluding hydrogens is 592 g/mol. The van der Waals surface area contributed by atoms with Gasteiger partial charge >= 0.3 is 24.7 Å². The van der Waals surface area contributed by atoms with Crippen LogP contribution in [-0.4, -0.2) is 9.97 Å². The minimum absolute atomic E-state index is 0.171. The summed E-state index contributed by atoms with van der Waals surface area (Å²) < 4.78 is 163. The zero-order chi connectivity index (χ0) is 30.8. The van der Waals surface area contributed by atoms with E-state index in [2.05, 4.69) is 9.97 Å². The number of fused-ring (bicyclic) bond motifs is 2. The van der Waals surface area contributed by atoms with Gasteiger partial charge in [0.2, 0.25) is 0 Å². The molecule has 0 aliphatic carbocycles. The van der Waals surface area contributed by atoms with Gasteiger partial charge in [0, 0.05) is 21.9 Å². The van der Waals surface area contributed by atoms with Crippen molar-refractivity contribution in [3.8, 4) is 22.3 Å². The number of alkyl halides is 12. The van der Waals surface area contributed by atoms with Crippen LogP contribution in [-0.2, 0) is 24.7 Å². The van der Waals surface area contributed by atoms with E-state index in [4.69, 9.17) is 0 Å². The average Bonchev–Trinajstić information content (AvgIpc) is 2.88. The topological polar surface area (TPSA) is 25.8 Å². The molecule has 0 fully saturated rings. The number of benzene rings is 3. The summed E-state index contributed by atoms with van der Waals surface area (Å²) in [5.41, 5.74) is -8.82. The third kappa shape index (κ3) is 5.57. The molecule has 0 amide bonds. The molecule has 2 heterocycles. The predicted octanol–water partition coefficient (Wildman–Crippen LogP) is 10.2. The van der Waals surface area contributed by atoms with Gasteiger partial charge in [-0.25, -0.2) is 9.97 Å². The SMILES string of the molecule is FC(F)(F)c1cccc(-c2cc3cc4nc(C(F)(F)F)c(-c5cccc(C(F)(F)F)c5)cc4cc3nc2C(F)(F)F)c1. The Kier molecular flexibility index (Phi) is 6.66. The van der Waals surface area contributed by atoms with Crippen LogP contribution in [0.2, 0.25) is 0 Å². The number of hydrogen-bond acceptors (Lipinski definition) is 2. The number of pyridine rings is 2. The van der Waals surface area contributed by atoms with Crippen LogP contribution < -0.4 is 0 Å². The highest BCUT2D eigenvalue weighted by Gasteiger charge is 2.39. The Morgan fingerprint density at radius 2 is 0.762 bits per heavy atom. The van der Waals surface area contributed by atoms with E-state index in [1.807, 2.05) is 0 Å². The van der Waals surface area contributed by atoms with Crippen LogP contribution >= 0.6 is 0 Å². The van der Waals surface area contributed by atoms with E-state index in [9.17, 15) is 52.7 Å². The van der Waals surface area contributed by atoms with Gasteiger partial charge in [0.25, 0.3) is 0 Å². The molecule has 0 atom stereocenters. The number of hydrogen-bond donors (Lipinski definition) is 0. The lowest BCUT2D eigenvalue weighted by molar-refractivity contribution is -0.141. The Morgan fingerprint density at radius 3 is 1.07 bits per heavy atom. The smallest absolute Gasteiger partial charge is 0.243 e. The van der Waals surface area contributed by atoms with Crippen molar-refractivity contribution in [3.63, 3.8) is 0 Å². The van der Waals surface area contributed by atoms with E-state index in [1.54, 1.807) is 0 Å². The molecule has 0 aliphatic rings. The molecule has 5 aromatic rings. The van der Waals surface area contributed by atoms with Crippen molar-refractivity contribution in [3.05, 3.63) is 95.3 Å². The van der Waals surface area contributed by atoms with Gasteiger partial charge in [0.1, 0.15) is 0 Å². The third-order valence-electron chi connectivity index (χ3n) is 6.29. The van der Waals surface area contributed by atoms with Crippen molar-refractivity contribution in [1.82, 2.24) is 9.97 Å². The van der Waals surface area contributed by atoms with Crippen molar-refractivity contribution >= 4 is 21.8 Å². The maximum atomic E-state index is 14.0. The van der Waals surface area contributed by atoms with Gasteiger partial charge in [-0.05, 0) is 59.7 Å². The van der Waals surface area contributed by atoms with E-state index < -0.39 is 69.5 Å². The van der Waals surface area contributed by atoms with Crippen molar-refractivity contribution in [2.45, 2.75) is 24.7 Å². The van der Waals surface area contributed by atoms with Crippen LogP contribution in [0.25, 0.3) is 44.1 Å². The van der Waals surface area contributed by atoms with E-state index in [-0.39, 0.29) is 21.8 Å². The summed E-state index contributed by atoms with van der Waals surface area (Å²) >= 11 is 0. The van der Waals surface area contributed by atoms with Gasteiger partial charge in [0.05, 0.1) is 22.2 Å². The second kappa shape index (κ2) is 9.60. The second-order valence-electron chi connectivity index (χ2n) is 9.16. The van der Waals surface area contributed by atoms with Crippen molar-refractivity contribution in [2.75, 3.05) is 0 Å². The van der Waals surface area contributed by atoms with Gasteiger partial charge < -0.3 is 0 Å². The fourth-order valence-corrected chi connectivity index (χ4v) is 4.44. The molecule has 0 unspecified atom stereocenters. The van der Waals surface area contributed by atoms with Gasteiger partial charge in [-0.2, -0.15) is 52.7 Å². The minimum atomic E-state index is -5.14. The fraction of sp³-hybridized carbons (Fsp3) is 0.143. The lowest BCUT2D eigenvalue weighted by Gasteiger charge is -2.17. The molecule has 0 radical (unpaired) electrons. The minimum Gasteiger partial charge on any atom is -0.243 e. The first-order chi connectivity index (χ1) is 19.3. The molecular formula is C28H12F12N2. The molecule has 0 aliphatic heterocycles. The predicted molar refractivity (Wildman–Crippen MR) is 128 cm³/mol. The van der Waals surface area contributed by atoms with Gasteiger partial charge in [0.15, 0.2) is 11.4 Å². The zero-order valence-corrected chi connectivity index (χ0v) is 20.4. The highest BCUT2D eigenvalue weighted by atomic mass is 19.4. The monoisotopic (exact) mass is 604 g/mol. The quantitative estimate of drug-likeness (QED) is 0.148. The van der Waals surface area contributed by atoms with Crippen LogP contribution in [0.4, 0.5) is 52.7 Å². The highest BCUT2D eigenvalue weighted by molar-refractivity contribution is 5.98. The van der Waals surface area contributed by atoms with E-state index in [0.717, 1.165) is 48.5 Å². The number of rotatable bonds is 2. The Hall–Kier alpha value is -4.36. The molecule has 218 valence electrons. The maximum Gasteiger partial charge on any atom is 0.433 e. The molecule has 0 saturated heterocycles. The van der Waals surface area contributed by atoms with E-state index >= 15 is 0 Å². The first-order valence-corrected chi connectivity index (χ1v) is 11.6. The Labute approximate surface area is 227 Å². The summed E-state index contributed by atoms with van der Waals surface area (Å²) in [6.07, 6.45) is -20.0. The molecule has 5 rings (SSSR count). The summed E-state index contributed by atoms with van der Waals surface area (Å²) in [4.78, 5) is 7.16. The molecule has 0 bridgehead atoms. The van der Waals surface area contributed by atoms with E-state index in [0.29, 0.717) is 24.3 Å². The molecule has 0 N–H and O–H groups in total. The second-order valence-corrected chi connectivity index (χ2v) is 9.16. The summed E-state index contributed by atoms with van der Waals surface area (Å²) in [6, 6.07) is 9.70. The Bertz CT molecular complexity index is 1700. The van der Waals surface area contributed by atoms with Gasteiger partial charge in [-0.1, -0.05) is 24.3 Å². The molecule has 42 heavy (non-hydrogen) atoms. The van der Waals surface area contributed by atoms with Crippen molar-refractivity contribution in [2.24, 2.45) is 0 Å². The lowest BCUT2D eigenvalue weighted by atomic mass is 9.96. The number of aromatic nitrogens is 2. The Balaban J connectivity index is 1.78. The standard InChI is InChI=1S/C28H12F12N2/c29-25(30,31)17-5-1-3-13(7-17)19-9-15-11-22-16(12-21(15)41-23(19)27(35,36)37)10-20(24(42-22)28(38,39)40)14-4-2-6-18(8-14)26(32,33)34/h1-12H. The van der Waals surface area contributed by atoms with Gasteiger partial charge in [-0.3, -0.25) is 0 Å². The average molecular weight is 604 g/mol. The normalized spacial score (nSPS) is 13.2. The van der Waals surface area contributed by atoms with Crippen LogP contribution in [0.1, 0.15) is 22.5 Å². The number of nitrogens with zero attached hydrogens (tertiary/aromatic N) is 2. The first kappa shape index (κ1) is 29.1. The zero-order valence-electron chi connectivity index (χ0n) is 20.4. The van der Waals surface area contributed by atoms with Crippen molar-refractivity contribution < 1.29 is 52.7 Å². The molecule has 2 nitrogen and oxygen atoms in total. The molecule has 3 aromatic carbocycles. The van der Waals surface area contributed by atoms with E-state index in [1.165, 1.54) is 0 Å². The molecule has 0 spiro atoms. The van der Waals surface area contributed by atoms with Crippen LogP contribution in [0, 0.1) is 0 Å². The summed E-state index contributed by atoms with van der Waals surface area (Å²) in [5, 5.41) is -0.342. The third-order valence-corrected chi connectivity index (χ3v) is 6.29. The summed E-state index contributed by atoms with van der Waals surface area (Å²) in [6.45, 7) is 0. The lowest BCUT2D eigenvalue weighted by Crippen LogP contribution is -2.12. The van der Waals surface area contributed by atoms with Crippen molar-refractivity contribution in [1.29, 1.82) is 0 Å². The molecule has 14 heteroatoms. The van der Waals surface area contributed by atoms with Gasteiger partial charge in [-0.15, -0.1) is 0 Å². The van der Waals surface area contributed by atoms with Crippen LogP contribution in [0.15, 0.2) is 72.8 Å². The van der Waals surface area contributed by atoms with Crippen LogP contribution in [0.3, 0.4) is 0 Å².